The minimum atomic E-state index is -0.0605. The molecule has 0 bridgehead atoms. The van der Waals surface area contributed by atoms with Crippen LogP contribution >= 0.6 is 0 Å². The third-order valence-electron chi connectivity index (χ3n) is 6.00. The number of hydrogen-bond donors (Lipinski definition) is 4. The van der Waals surface area contributed by atoms with E-state index in [9.17, 15) is 10.2 Å². The maximum absolute atomic E-state index is 9.77. The van der Waals surface area contributed by atoms with Crippen molar-refractivity contribution in [2.24, 2.45) is 11.7 Å². The van der Waals surface area contributed by atoms with Crippen molar-refractivity contribution in [1.29, 1.82) is 0 Å². The molecule has 2 aromatic carbocycles. The standard InChI is InChI=1S/C24H34N2O2/c25-24-19(11-12-20-16-22(27)23(28)17-21(20)24)10-6-1-2-7-14-26-15-13-18-8-4-3-5-9-18/h3-5,8-9,16-17,19,24,26-28H,1-2,6-7,10-15,25H2. The Kier molecular flexibility index (Phi) is 7.75. The van der Waals surface area contributed by atoms with Crippen LogP contribution in [-0.2, 0) is 12.8 Å². The SMILES string of the molecule is NC1c2cc(O)c(O)cc2CCC1CCCCCCNCCc1ccccc1. The number of fused-ring (bicyclic) bond motifs is 1. The summed E-state index contributed by atoms with van der Waals surface area (Å²) in [7, 11) is 0. The normalized spacial score (nSPS) is 18.8. The molecule has 3 rings (SSSR count). The smallest absolute Gasteiger partial charge is 0.157 e. The lowest BCUT2D eigenvalue weighted by atomic mass is 9.77. The second-order valence-electron chi connectivity index (χ2n) is 8.05. The summed E-state index contributed by atoms with van der Waals surface area (Å²) in [6.45, 7) is 2.13. The highest BCUT2D eigenvalue weighted by molar-refractivity contribution is 5.47. The first-order chi connectivity index (χ1) is 13.6. The Morgan fingerprint density at radius 3 is 2.50 bits per heavy atom. The van der Waals surface area contributed by atoms with Gasteiger partial charge >= 0.3 is 0 Å². The molecule has 0 heterocycles. The number of nitrogens with two attached hydrogens (primary N) is 1. The summed E-state index contributed by atoms with van der Waals surface area (Å²) in [5, 5.41) is 23.0. The van der Waals surface area contributed by atoms with Crippen LogP contribution in [0.5, 0.6) is 11.5 Å². The van der Waals surface area contributed by atoms with Crippen LogP contribution in [0, 0.1) is 5.92 Å². The Labute approximate surface area is 168 Å². The molecule has 5 N–H and O–H groups in total. The molecule has 2 aromatic rings. The Morgan fingerprint density at radius 2 is 1.68 bits per heavy atom. The zero-order chi connectivity index (χ0) is 19.8. The van der Waals surface area contributed by atoms with E-state index in [0.29, 0.717) is 5.92 Å². The van der Waals surface area contributed by atoms with Crippen molar-refractivity contribution in [2.75, 3.05) is 13.1 Å². The van der Waals surface area contributed by atoms with Crippen LogP contribution in [0.2, 0.25) is 0 Å². The molecule has 0 saturated carbocycles. The summed E-state index contributed by atoms with van der Waals surface area (Å²) in [5.41, 5.74) is 9.94. The zero-order valence-electron chi connectivity index (χ0n) is 16.7. The van der Waals surface area contributed by atoms with Gasteiger partial charge in [0.05, 0.1) is 0 Å². The van der Waals surface area contributed by atoms with Crippen LogP contribution in [0.1, 0.15) is 61.3 Å². The van der Waals surface area contributed by atoms with Gasteiger partial charge in [0.1, 0.15) is 0 Å². The summed E-state index contributed by atoms with van der Waals surface area (Å²) in [4.78, 5) is 0. The molecule has 28 heavy (non-hydrogen) atoms. The lowest BCUT2D eigenvalue weighted by Crippen LogP contribution is -2.27. The third-order valence-corrected chi connectivity index (χ3v) is 6.00. The van der Waals surface area contributed by atoms with Gasteiger partial charge in [-0.3, -0.25) is 0 Å². The average Bonchev–Trinajstić information content (AvgIpc) is 2.70. The van der Waals surface area contributed by atoms with Crippen LogP contribution < -0.4 is 11.1 Å². The van der Waals surface area contributed by atoms with Gasteiger partial charge in [0.2, 0.25) is 0 Å². The van der Waals surface area contributed by atoms with Crippen molar-refractivity contribution in [2.45, 2.75) is 57.4 Å². The van der Waals surface area contributed by atoms with E-state index in [1.807, 2.05) is 0 Å². The molecule has 2 atom stereocenters. The number of aryl methyl sites for hydroxylation is 1. The van der Waals surface area contributed by atoms with E-state index in [0.717, 1.165) is 49.9 Å². The molecular formula is C24H34N2O2. The molecule has 0 saturated heterocycles. The lowest BCUT2D eigenvalue weighted by Gasteiger charge is -2.31. The summed E-state index contributed by atoms with van der Waals surface area (Å²) < 4.78 is 0. The largest absolute Gasteiger partial charge is 0.504 e. The second kappa shape index (κ2) is 10.5. The first kappa shape index (κ1) is 20.7. The Bertz CT molecular complexity index is 733. The maximum Gasteiger partial charge on any atom is 0.157 e. The molecule has 4 heteroatoms. The number of phenols is 2. The molecule has 0 spiro atoms. The van der Waals surface area contributed by atoms with E-state index < -0.39 is 0 Å². The number of rotatable bonds is 10. The predicted octanol–water partition coefficient (Wildman–Crippen LogP) is 4.44. The molecule has 4 nitrogen and oxygen atoms in total. The van der Waals surface area contributed by atoms with Crippen LogP contribution in [0.3, 0.4) is 0 Å². The number of aromatic hydroxyl groups is 2. The Morgan fingerprint density at radius 1 is 0.929 bits per heavy atom. The van der Waals surface area contributed by atoms with Gasteiger partial charge in [-0.25, -0.2) is 0 Å². The van der Waals surface area contributed by atoms with E-state index in [-0.39, 0.29) is 17.5 Å². The van der Waals surface area contributed by atoms with E-state index in [1.165, 1.54) is 31.2 Å². The fourth-order valence-corrected chi connectivity index (χ4v) is 4.27. The third kappa shape index (κ3) is 5.73. The minimum Gasteiger partial charge on any atom is -0.504 e. The van der Waals surface area contributed by atoms with Crippen molar-refractivity contribution < 1.29 is 10.2 Å². The van der Waals surface area contributed by atoms with Gasteiger partial charge in [0, 0.05) is 6.04 Å². The Balaban J connectivity index is 1.27. The van der Waals surface area contributed by atoms with E-state index in [1.54, 1.807) is 12.1 Å². The highest BCUT2D eigenvalue weighted by Crippen LogP contribution is 2.40. The van der Waals surface area contributed by atoms with Crippen molar-refractivity contribution in [3.8, 4) is 11.5 Å². The topological polar surface area (TPSA) is 78.5 Å². The molecule has 1 aliphatic rings. The van der Waals surface area contributed by atoms with Gasteiger partial charge in [-0.1, -0.05) is 49.6 Å². The number of nitrogens with one attached hydrogen (secondary N) is 1. The van der Waals surface area contributed by atoms with Gasteiger partial charge in [-0.15, -0.1) is 0 Å². The van der Waals surface area contributed by atoms with Gasteiger partial charge in [-0.05, 0) is 79.9 Å². The fourth-order valence-electron chi connectivity index (χ4n) is 4.27. The van der Waals surface area contributed by atoms with Crippen LogP contribution in [0.25, 0.3) is 0 Å². The van der Waals surface area contributed by atoms with Crippen LogP contribution in [-0.4, -0.2) is 23.3 Å². The highest BCUT2D eigenvalue weighted by Gasteiger charge is 2.27. The molecular weight excluding hydrogens is 348 g/mol. The second-order valence-corrected chi connectivity index (χ2v) is 8.05. The van der Waals surface area contributed by atoms with Gasteiger partial charge in [0.15, 0.2) is 11.5 Å². The summed E-state index contributed by atoms with van der Waals surface area (Å²) in [6, 6.07) is 13.9. The van der Waals surface area contributed by atoms with E-state index in [4.69, 9.17) is 5.73 Å². The average molecular weight is 383 g/mol. The van der Waals surface area contributed by atoms with Crippen LogP contribution in [0.4, 0.5) is 0 Å². The number of hydrogen-bond acceptors (Lipinski definition) is 4. The number of unbranched alkanes of at least 4 members (excludes halogenated alkanes) is 3. The van der Waals surface area contributed by atoms with Crippen molar-refractivity contribution in [3.05, 3.63) is 59.2 Å². The highest BCUT2D eigenvalue weighted by atomic mass is 16.3. The van der Waals surface area contributed by atoms with Crippen LogP contribution in [0.15, 0.2) is 42.5 Å². The van der Waals surface area contributed by atoms with Crippen molar-refractivity contribution >= 4 is 0 Å². The molecule has 0 radical (unpaired) electrons. The van der Waals surface area contributed by atoms with Crippen molar-refractivity contribution in [3.63, 3.8) is 0 Å². The molecule has 1 aliphatic carbocycles. The summed E-state index contributed by atoms with van der Waals surface area (Å²) >= 11 is 0. The molecule has 0 aliphatic heterocycles. The van der Waals surface area contributed by atoms with E-state index >= 15 is 0 Å². The minimum absolute atomic E-state index is 0.0325. The fraction of sp³-hybridized carbons (Fsp3) is 0.500. The zero-order valence-corrected chi connectivity index (χ0v) is 16.7. The van der Waals surface area contributed by atoms with Gasteiger partial charge in [0.25, 0.3) is 0 Å². The number of benzene rings is 2. The molecule has 152 valence electrons. The molecule has 0 amide bonds. The molecule has 2 unspecified atom stereocenters. The lowest BCUT2D eigenvalue weighted by molar-refractivity contribution is 0.337. The monoisotopic (exact) mass is 382 g/mol. The predicted molar refractivity (Wildman–Crippen MR) is 115 cm³/mol. The molecule has 0 fully saturated rings. The van der Waals surface area contributed by atoms with Crippen molar-refractivity contribution in [1.82, 2.24) is 5.32 Å². The first-order valence-corrected chi connectivity index (χ1v) is 10.7. The van der Waals surface area contributed by atoms with E-state index in [2.05, 4.69) is 35.6 Å². The summed E-state index contributed by atoms with van der Waals surface area (Å²) in [6.07, 6.45) is 9.18. The van der Waals surface area contributed by atoms with Gasteiger partial charge in [-0.2, -0.15) is 0 Å². The quantitative estimate of drug-likeness (QED) is 0.362. The maximum atomic E-state index is 9.77. The first-order valence-electron chi connectivity index (χ1n) is 10.7. The number of phenolic OH excluding ortho intramolecular Hbond substituents is 2. The van der Waals surface area contributed by atoms with Gasteiger partial charge < -0.3 is 21.3 Å². The molecule has 0 aromatic heterocycles. The summed E-state index contributed by atoms with van der Waals surface area (Å²) in [5.74, 6) is 0.372. The Hall–Kier alpha value is -2.04.